The predicted molar refractivity (Wildman–Crippen MR) is 120 cm³/mol. The number of benzene rings is 1. The van der Waals surface area contributed by atoms with Crippen molar-refractivity contribution in [2.75, 3.05) is 13.2 Å². The van der Waals surface area contributed by atoms with Crippen LogP contribution in [0.1, 0.15) is 96.0 Å². The molecule has 0 bridgehead atoms. The Labute approximate surface area is 173 Å². The quantitative estimate of drug-likeness (QED) is 0.147. The zero-order chi connectivity index (χ0) is 19.7. The highest BCUT2D eigenvalue weighted by molar-refractivity contribution is 5.33. The van der Waals surface area contributed by atoms with Gasteiger partial charge in [0, 0.05) is 0 Å². The van der Waals surface area contributed by atoms with Crippen molar-refractivity contribution < 1.29 is 9.47 Å². The molecule has 0 spiro atoms. The summed E-state index contributed by atoms with van der Waals surface area (Å²) in [5.41, 5.74) is 1.35. The largest absolute Gasteiger partial charge is 0.491 e. The highest BCUT2D eigenvalue weighted by atomic mass is 16.6. The van der Waals surface area contributed by atoms with Crippen molar-refractivity contribution in [1.82, 2.24) is 0 Å². The number of hydrogen-bond acceptors (Lipinski definition) is 2. The van der Waals surface area contributed by atoms with Gasteiger partial charge in [0.25, 0.3) is 0 Å². The molecular weight excluding hydrogens is 344 g/mol. The third-order valence-corrected chi connectivity index (χ3v) is 5.51. The second kappa shape index (κ2) is 15.6. The van der Waals surface area contributed by atoms with Gasteiger partial charge < -0.3 is 9.47 Å². The minimum Gasteiger partial charge on any atom is -0.491 e. The van der Waals surface area contributed by atoms with E-state index in [1.54, 1.807) is 0 Å². The summed E-state index contributed by atoms with van der Waals surface area (Å²) < 4.78 is 11.1. The van der Waals surface area contributed by atoms with Crippen LogP contribution in [0.25, 0.3) is 0 Å². The van der Waals surface area contributed by atoms with E-state index in [0.29, 0.717) is 12.7 Å². The van der Waals surface area contributed by atoms with Crippen molar-refractivity contribution in [2.45, 2.75) is 103 Å². The highest BCUT2D eigenvalue weighted by Gasteiger charge is 2.23. The molecule has 0 aromatic heterocycles. The van der Waals surface area contributed by atoms with E-state index in [0.717, 1.165) is 18.8 Å². The summed E-state index contributed by atoms with van der Waals surface area (Å²) in [7, 11) is 0. The van der Waals surface area contributed by atoms with E-state index in [9.17, 15) is 0 Å². The number of para-hydroxylation sites is 1. The lowest BCUT2D eigenvalue weighted by Gasteiger charge is -2.10. The van der Waals surface area contributed by atoms with E-state index in [4.69, 9.17) is 9.47 Å². The maximum Gasteiger partial charge on any atom is 0.122 e. The van der Waals surface area contributed by atoms with Crippen LogP contribution in [0.3, 0.4) is 0 Å². The van der Waals surface area contributed by atoms with Gasteiger partial charge in [0.05, 0.1) is 6.61 Å². The molecule has 0 N–H and O–H groups in total. The summed E-state index contributed by atoms with van der Waals surface area (Å²) in [6.07, 6.45) is 23.8. The fraction of sp³-hybridized carbons (Fsp3) is 0.692. The minimum absolute atomic E-state index is 0.327. The van der Waals surface area contributed by atoms with Gasteiger partial charge >= 0.3 is 0 Å². The molecule has 0 saturated carbocycles. The number of epoxide rings is 1. The summed E-state index contributed by atoms with van der Waals surface area (Å²) >= 11 is 0. The first-order valence-electron chi connectivity index (χ1n) is 11.9. The molecule has 1 fully saturated rings. The molecule has 1 aromatic rings. The molecule has 1 aromatic carbocycles. The van der Waals surface area contributed by atoms with Crippen LogP contribution in [-0.4, -0.2) is 19.3 Å². The summed E-state index contributed by atoms with van der Waals surface area (Å²) in [6.45, 7) is 3.84. The second-order valence-corrected chi connectivity index (χ2v) is 8.21. The Morgan fingerprint density at radius 3 is 2.14 bits per heavy atom. The third-order valence-electron chi connectivity index (χ3n) is 5.51. The Balaban J connectivity index is 1.40. The molecule has 2 rings (SSSR count). The van der Waals surface area contributed by atoms with Crippen molar-refractivity contribution in [3.8, 4) is 5.75 Å². The molecule has 1 unspecified atom stereocenters. The molecule has 0 amide bonds. The molecule has 2 heteroatoms. The number of rotatable bonds is 18. The molecule has 1 aliphatic heterocycles. The van der Waals surface area contributed by atoms with E-state index < -0.39 is 0 Å². The lowest BCUT2D eigenvalue weighted by molar-refractivity contribution is 0.261. The Hall–Kier alpha value is -1.28. The van der Waals surface area contributed by atoms with Gasteiger partial charge in [0.1, 0.15) is 18.5 Å². The molecule has 1 aliphatic rings. The first kappa shape index (κ1) is 23.0. The average molecular weight is 387 g/mol. The third kappa shape index (κ3) is 11.5. The molecule has 1 heterocycles. The van der Waals surface area contributed by atoms with Crippen LogP contribution < -0.4 is 4.74 Å². The standard InChI is InChI=1S/C26H42O2/c1-2-3-4-5-6-7-8-9-10-11-12-13-14-15-16-19-24-20-17-18-21-26(24)28-23-25-22-27-25/h8-9,17-18,20-21,25H,2-7,10-16,19,22-23H2,1H3/b9-8+. The Morgan fingerprint density at radius 1 is 0.857 bits per heavy atom. The maximum absolute atomic E-state index is 5.90. The monoisotopic (exact) mass is 386 g/mol. The summed E-state index contributed by atoms with van der Waals surface area (Å²) in [4.78, 5) is 0. The first-order chi connectivity index (χ1) is 13.9. The van der Waals surface area contributed by atoms with E-state index in [-0.39, 0.29) is 0 Å². The lowest BCUT2D eigenvalue weighted by atomic mass is 10.0. The minimum atomic E-state index is 0.327. The number of ether oxygens (including phenoxy) is 2. The van der Waals surface area contributed by atoms with Crippen LogP contribution in [0.4, 0.5) is 0 Å². The van der Waals surface area contributed by atoms with Gasteiger partial charge in [-0.1, -0.05) is 88.6 Å². The van der Waals surface area contributed by atoms with Crippen molar-refractivity contribution in [2.24, 2.45) is 0 Å². The van der Waals surface area contributed by atoms with Crippen LogP contribution in [0, 0.1) is 0 Å². The molecule has 0 radical (unpaired) electrons. The lowest BCUT2D eigenvalue weighted by Crippen LogP contribution is -2.05. The Kier molecular flexibility index (Phi) is 12.8. The van der Waals surface area contributed by atoms with E-state index in [1.807, 2.05) is 0 Å². The Morgan fingerprint density at radius 2 is 1.46 bits per heavy atom. The van der Waals surface area contributed by atoms with Gasteiger partial charge in [-0.3, -0.25) is 0 Å². The van der Waals surface area contributed by atoms with E-state index in [2.05, 4.69) is 43.3 Å². The van der Waals surface area contributed by atoms with Gasteiger partial charge in [0.15, 0.2) is 0 Å². The zero-order valence-corrected chi connectivity index (χ0v) is 18.2. The van der Waals surface area contributed by atoms with E-state index in [1.165, 1.54) is 89.0 Å². The molecule has 158 valence electrons. The fourth-order valence-corrected chi connectivity index (χ4v) is 3.58. The normalized spacial score (nSPS) is 16.0. The van der Waals surface area contributed by atoms with Gasteiger partial charge in [-0.25, -0.2) is 0 Å². The molecule has 1 atom stereocenters. The molecule has 1 saturated heterocycles. The summed E-state index contributed by atoms with van der Waals surface area (Å²) in [6, 6.07) is 8.48. The van der Waals surface area contributed by atoms with Crippen molar-refractivity contribution >= 4 is 0 Å². The molecular formula is C26H42O2. The van der Waals surface area contributed by atoms with Crippen LogP contribution in [0.2, 0.25) is 0 Å². The Bertz CT molecular complexity index is 519. The molecule has 28 heavy (non-hydrogen) atoms. The van der Waals surface area contributed by atoms with Crippen LogP contribution in [0.15, 0.2) is 36.4 Å². The van der Waals surface area contributed by atoms with Gasteiger partial charge in [0.2, 0.25) is 0 Å². The summed E-state index contributed by atoms with van der Waals surface area (Å²) in [5.74, 6) is 1.05. The summed E-state index contributed by atoms with van der Waals surface area (Å²) in [5, 5.41) is 0. The predicted octanol–water partition coefficient (Wildman–Crippen LogP) is 7.65. The number of unbranched alkanes of at least 4 members (excludes halogenated alkanes) is 11. The molecule has 2 nitrogen and oxygen atoms in total. The average Bonchev–Trinajstić information content (AvgIpc) is 3.54. The number of allylic oxidation sites excluding steroid dienone is 2. The first-order valence-corrected chi connectivity index (χ1v) is 11.9. The van der Waals surface area contributed by atoms with Crippen molar-refractivity contribution in [3.63, 3.8) is 0 Å². The second-order valence-electron chi connectivity index (χ2n) is 8.21. The topological polar surface area (TPSA) is 21.8 Å². The van der Waals surface area contributed by atoms with Crippen LogP contribution >= 0.6 is 0 Å². The SMILES string of the molecule is CCCCCCC/C=C/CCCCCCCCc1ccccc1OCC1CO1. The van der Waals surface area contributed by atoms with E-state index >= 15 is 0 Å². The van der Waals surface area contributed by atoms with Gasteiger partial charge in [-0.2, -0.15) is 0 Å². The van der Waals surface area contributed by atoms with Crippen molar-refractivity contribution in [1.29, 1.82) is 0 Å². The highest BCUT2D eigenvalue weighted by Crippen LogP contribution is 2.22. The number of hydrogen-bond donors (Lipinski definition) is 0. The zero-order valence-electron chi connectivity index (χ0n) is 18.2. The smallest absolute Gasteiger partial charge is 0.122 e. The van der Waals surface area contributed by atoms with Crippen LogP contribution in [0.5, 0.6) is 5.75 Å². The number of aryl methyl sites for hydroxylation is 1. The van der Waals surface area contributed by atoms with Crippen molar-refractivity contribution in [3.05, 3.63) is 42.0 Å². The van der Waals surface area contributed by atoms with Crippen LogP contribution in [-0.2, 0) is 11.2 Å². The van der Waals surface area contributed by atoms with Gasteiger partial charge in [-0.15, -0.1) is 0 Å². The van der Waals surface area contributed by atoms with Gasteiger partial charge in [-0.05, 0) is 50.2 Å². The fourth-order valence-electron chi connectivity index (χ4n) is 3.58. The molecule has 0 aliphatic carbocycles. The maximum atomic E-state index is 5.90.